The molecule has 3 nitrogen and oxygen atoms in total. The lowest BCUT2D eigenvalue weighted by Gasteiger charge is -2.37. The number of esters is 1. The summed E-state index contributed by atoms with van der Waals surface area (Å²) in [7, 11) is 0. The van der Waals surface area contributed by atoms with Crippen LogP contribution in [0.2, 0.25) is 0 Å². The van der Waals surface area contributed by atoms with Crippen molar-refractivity contribution >= 4 is 5.97 Å². The van der Waals surface area contributed by atoms with Crippen molar-refractivity contribution in [3.63, 3.8) is 0 Å². The number of piperidine rings is 1. The standard InChI is InChI=1S/C37H57NO2/c1-2-3-4-5-6-7-8-9-10-11-12-13-14-15-16-17-18-19-20-21-22-23-27-30-36(39)40-37(31-33-38-34-32-37)35-28-25-24-26-29-35/h24-26,28-29,38H,2-13,18-23,27,30-34H2,1H3. The topological polar surface area (TPSA) is 38.3 Å². The molecule has 1 saturated heterocycles. The molecule has 3 heteroatoms. The summed E-state index contributed by atoms with van der Waals surface area (Å²) in [4.78, 5) is 12.6. The van der Waals surface area contributed by atoms with E-state index in [2.05, 4.69) is 48.1 Å². The van der Waals surface area contributed by atoms with Gasteiger partial charge in [0.1, 0.15) is 5.60 Å². The molecule has 1 N–H and O–H groups in total. The van der Waals surface area contributed by atoms with E-state index < -0.39 is 5.60 Å². The van der Waals surface area contributed by atoms with Gasteiger partial charge in [-0.2, -0.15) is 0 Å². The van der Waals surface area contributed by atoms with Crippen molar-refractivity contribution in [2.24, 2.45) is 0 Å². The number of carbonyl (C=O) groups is 1. The van der Waals surface area contributed by atoms with Crippen LogP contribution in [0.25, 0.3) is 0 Å². The third-order valence-electron chi connectivity index (χ3n) is 8.10. The fourth-order valence-corrected chi connectivity index (χ4v) is 5.57. The van der Waals surface area contributed by atoms with Crippen LogP contribution in [-0.4, -0.2) is 19.1 Å². The molecule has 222 valence electrons. The van der Waals surface area contributed by atoms with Gasteiger partial charge in [-0.05, 0) is 49.8 Å². The summed E-state index contributed by atoms with van der Waals surface area (Å²) < 4.78 is 6.11. The van der Waals surface area contributed by atoms with Gasteiger partial charge in [0.15, 0.2) is 0 Å². The molecule has 2 rings (SSSR count). The Balaban J connectivity index is 1.39. The zero-order valence-corrected chi connectivity index (χ0v) is 25.7. The van der Waals surface area contributed by atoms with Crippen LogP contribution in [-0.2, 0) is 15.1 Å². The van der Waals surface area contributed by atoms with Crippen molar-refractivity contribution < 1.29 is 9.53 Å². The van der Waals surface area contributed by atoms with Gasteiger partial charge in [0.2, 0.25) is 0 Å². The number of ether oxygens (including phenoxy) is 1. The lowest BCUT2D eigenvalue weighted by Crippen LogP contribution is -2.43. The minimum atomic E-state index is -0.457. The van der Waals surface area contributed by atoms with Gasteiger partial charge < -0.3 is 10.1 Å². The monoisotopic (exact) mass is 547 g/mol. The van der Waals surface area contributed by atoms with Crippen molar-refractivity contribution in [3.8, 4) is 23.7 Å². The van der Waals surface area contributed by atoms with Crippen LogP contribution in [0.3, 0.4) is 0 Å². The normalized spacial score (nSPS) is 14.0. The van der Waals surface area contributed by atoms with Crippen LogP contribution in [0, 0.1) is 23.7 Å². The molecule has 0 radical (unpaired) electrons. The predicted molar refractivity (Wildman–Crippen MR) is 170 cm³/mol. The molecular formula is C37H57NO2. The summed E-state index contributed by atoms with van der Waals surface area (Å²) in [6.07, 6.45) is 26.0. The van der Waals surface area contributed by atoms with Crippen molar-refractivity contribution in [1.82, 2.24) is 5.32 Å². The molecule has 0 atom stereocenters. The smallest absolute Gasteiger partial charge is 0.306 e. The Morgan fingerprint density at radius 2 is 1.18 bits per heavy atom. The largest absolute Gasteiger partial charge is 0.454 e. The van der Waals surface area contributed by atoms with Crippen LogP contribution in [0.15, 0.2) is 30.3 Å². The van der Waals surface area contributed by atoms with Crippen LogP contribution in [0.4, 0.5) is 0 Å². The number of carbonyl (C=O) groups excluding carboxylic acids is 1. The van der Waals surface area contributed by atoms with Gasteiger partial charge in [-0.3, -0.25) is 4.79 Å². The number of nitrogens with one attached hydrogen (secondary N) is 1. The lowest BCUT2D eigenvalue weighted by atomic mass is 9.84. The van der Waals surface area contributed by atoms with Gasteiger partial charge in [0.25, 0.3) is 0 Å². The third-order valence-corrected chi connectivity index (χ3v) is 8.10. The zero-order chi connectivity index (χ0) is 28.4. The second-order valence-electron chi connectivity index (χ2n) is 11.6. The fraction of sp³-hybridized carbons (Fsp3) is 0.703. The summed E-state index contributed by atoms with van der Waals surface area (Å²) in [6, 6.07) is 10.3. The van der Waals surface area contributed by atoms with E-state index in [1.807, 2.05) is 18.2 Å². The average Bonchev–Trinajstić information content (AvgIpc) is 2.98. The molecule has 1 aromatic carbocycles. The molecule has 0 bridgehead atoms. The Morgan fingerprint density at radius 3 is 1.70 bits per heavy atom. The molecule has 0 aromatic heterocycles. The van der Waals surface area contributed by atoms with Gasteiger partial charge in [-0.1, -0.05) is 139 Å². The minimum Gasteiger partial charge on any atom is -0.454 e. The van der Waals surface area contributed by atoms with Crippen LogP contribution in [0.1, 0.15) is 154 Å². The highest BCUT2D eigenvalue weighted by Crippen LogP contribution is 2.35. The molecule has 1 aliphatic heterocycles. The Bertz CT molecular complexity index is 879. The Labute approximate surface area is 247 Å². The van der Waals surface area contributed by atoms with Crippen LogP contribution in [0.5, 0.6) is 0 Å². The van der Waals surface area contributed by atoms with Crippen molar-refractivity contribution in [1.29, 1.82) is 0 Å². The first-order chi connectivity index (χ1) is 19.8. The van der Waals surface area contributed by atoms with E-state index in [1.165, 1.54) is 89.9 Å². The number of hydrogen-bond acceptors (Lipinski definition) is 3. The maximum absolute atomic E-state index is 12.6. The van der Waals surface area contributed by atoms with Crippen molar-refractivity contribution in [3.05, 3.63) is 35.9 Å². The number of hydrogen-bond donors (Lipinski definition) is 1. The van der Waals surface area contributed by atoms with E-state index in [1.54, 1.807) is 0 Å². The maximum atomic E-state index is 12.6. The number of rotatable bonds is 21. The van der Waals surface area contributed by atoms with E-state index in [0.29, 0.717) is 6.42 Å². The van der Waals surface area contributed by atoms with Gasteiger partial charge in [-0.15, -0.1) is 0 Å². The van der Waals surface area contributed by atoms with E-state index in [4.69, 9.17) is 4.74 Å². The Morgan fingerprint density at radius 1 is 0.700 bits per heavy atom. The highest BCUT2D eigenvalue weighted by Gasteiger charge is 2.37. The van der Waals surface area contributed by atoms with Crippen LogP contribution < -0.4 is 5.32 Å². The quantitative estimate of drug-likeness (QED) is 0.0946. The van der Waals surface area contributed by atoms with E-state index in [0.717, 1.165) is 63.6 Å². The van der Waals surface area contributed by atoms with Gasteiger partial charge >= 0.3 is 5.97 Å². The zero-order valence-electron chi connectivity index (χ0n) is 25.7. The Hall–Kier alpha value is -2.23. The SMILES string of the molecule is CCCCCCCCCCCCCC#CC#CCCCCCCCCC(=O)OC1(c2ccccc2)CCNCC1. The van der Waals surface area contributed by atoms with Gasteiger partial charge in [0.05, 0.1) is 0 Å². The Kier molecular flexibility index (Phi) is 19.9. The first-order valence-corrected chi connectivity index (χ1v) is 16.7. The molecule has 1 aliphatic rings. The van der Waals surface area contributed by atoms with Crippen molar-refractivity contribution in [2.75, 3.05) is 13.1 Å². The molecule has 1 aromatic rings. The molecule has 0 spiro atoms. The molecule has 0 saturated carbocycles. The molecule has 40 heavy (non-hydrogen) atoms. The third kappa shape index (κ3) is 16.1. The molecule has 1 fully saturated rings. The molecule has 0 unspecified atom stereocenters. The summed E-state index contributed by atoms with van der Waals surface area (Å²) in [5.74, 6) is 12.4. The highest BCUT2D eigenvalue weighted by molar-refractivity contribution is 5.70. The predicted octanol–water partition coefficient (Wildman–Crippen LogP) is 9.64. The summed E-state index contributed by atoms with van der Waals surface area (Å²) in [5.41, 5.74) is 0.671. The first-order valence-electron chi connectivity index (χ1n) is 16.7. The summed E-state index contributed by atoms with van der Waals surface area (Å²) >= 11 is 0. The van der Waals surface area contributed by atoms with Gasteiger partial charge in [-0.25, -0.2) is 0 Å². The molecule has 1 heterocycles. The summed E-state index contributed by atoms with van der Waals surface area (Å²) in [5, 5.41) is 3.39. The lowest BCUT2D eigenvalue weighted by molar-refractivity contribution is -0.164. The van der Waals surface area contributed by atoms with E-state index in [-0.39, 0.29) is 5.97 Å². The van der Waals surface area contributed by atoms with Gasteiger partial charge in [0, 0.05) is 32.1 Å². The van der Waals surface area contributed by atoms with Crippen LogP contribution >= 0.6 is 0 Å². The highest BCUT2D eigenvalue weighted by atomic mass is 16.6. The maximum Gasteiger partial charge on any atom is 0.306 e. The molecule has 0 amide bonds. The average molecular weight is 548 g/mol. The van der Waals surface area contributed by atoms with Crippen molar-refractivity contribution in [2.45, 2.75) is 154 Å². The van der Waals surface area contributed by atoms with E-state index in [9.17, 15) is 4.79 Å². The summed E-state index contributed by atoms with van der Waals surface area (Å²) in [6.45, 7) is 4.06. The first kappa shape index (κ1) is 34.0. The number of unbranched alkanes of at least 4 members (excludes halogenated alkanes) is 17. The second-order valence-corrected chi connectivity index (χ2v) is 11.6. The molecular weight excluding hydrogens is 490 g/mol. The molecule has 0 aliphatic carbocycles. The second kappa shape index (κ2) is 23.5. The van der Waals surface area contributed by atoms with E-state index >= 15 is 0 Å². The fourth-order valence-electron chi connectivity index (χ4n) is 5.57. The minimum absolute atomic E-state index is 0.0503. The number of benzene rings is 1.